The Kier molecular flexibility index (Phi) is 4.47. The molecule has 3 nitrogen and oxygen atoms in total. The molecule has 0 radical (unpaired) electrons. The summed E-state index contributed by atoms with van der Waals surface area (Å²) in [5, 5.41) is 0. The summed E-state index contributed by atoms with van der Waals surface area (Å²) in [5.41, 5.74) is 0.705. The molecule has 0 fully saturated rings. The van der Waals surface area contributed by atoms with Crippen molar-refractivity contribution >= 4 is 11.6 Å². The molecule has 0 aliphatic heterocycles. The second kappa shape index (κ2) is 5.64. The summed E-state index contributed by atoms with van der Waals surface area (Å²) in [5.74, 6) is 0.865. The Balaban J connectivity index is 3.07. The minimum absolute atomic E-state index is 0.0703. The predicted molar refractivity (Wildman–Crippen MR) is 67.0 cm³/mol. The molecule has 0 aliphatic rings. The highest BCUT2D eigenvalue weighted by molar-refractivity contribution is 5.98. The van der Waals surface area contributed by atoms with Crippen LogP contribution in [0.3, 0.4) is 0 Å². The molecular formula is C13H20N2O. The molecule has 0 aromatic carbocycles. The van der Waals surface area contributed by atoms with Gasteiger partial charge < -0.3 is 4.90 Å². The van der Waals surface area contributed by atoms with Gasteiger partial charge in [0.1, 0.15) is 5.82 Å². The van der Waals surface area contributed by atoms with Gasteiger partial charge in [-0.3, -0.25) is 4.79 Å². The Morgan fingerprint density at radius 3 is 2.56 bits per heavy atom. The maximum atomic E-state index is 11.5. The average molecular weight is 220 g/mol. The number of hydrogen-bond donors (Lipinski definition) is 0. The Morgan fingerprint density at radius 1 is 1.44 bits per heavy atom. The van der Waals surface area contributed by atoms with Crippen LogP contribution in [0.25, 0.3) is 0 Å². The first-order valence-corrected chi connectivity index (χ1v) is 5.80. The summed E-state index contributed by atoms with van der Waals surface area (Å²) in [7, 11) is 2.01. The van der Waals surface area contributed by atoms with Crippen molar-refractivity contribution in [1.82, 2.24) is 4.98 Å². The van der Waals surface area contributed by atoms with Crippen molar-refractivity contribution < 1.29 is 4.79 Å². The van der Waals surface area contributed by atoms with Crippen molar-refractivity contribution in [2.45, 2.75) is 39.7 Å². The number of hydrogen-bond acceptors (Lipinski definition) is 3. The van der Waals surface area contributed by atoms with Gasteiger partial charge in [-0.2, -0.15) is 0 Å². The second-order valence-corrected chi connectivity index (χ2v) is 4.01. The van der Waals surface area contributed by atoms with Gasteiger partial charge in [-0.15, -0.1) is 0 Å². The van der Waals surface area contributed by atoms with Gasteiger partial charge >= 0.3 is 0 Å². The smallest absolute Gasteiger partial charge is 0.163 e. The summed E-state index contributed by atoms with van der Waals surface area (Å²) < 4.78 is 0. The minimum atomic E-state index is 0.0703. The summed E-state index contributed by atoms with van der Waals surface area (Å²) in [6, 6.07) is 4.08. The number of anilines is 1. The highest BCUT2D eigenvalue weighted by Crippen LogP contribution is 2.20. The van der Waals surface area contributed by atoms with Gasteiger partial charge in [0.15, 0.2) is 5.78 Å². The van der Waals surface area contributed by atoms with E-state index >= 15 is 0 Å². The molecule has 0 saturated heterocycles. The standard InChI is InChI=1S/C13H20N2O/c1-5-11(6-2)15(4)13-12(10(3)16)8-7-9-14-13/h7-9,11H,5-6H2,1-4H3. The molecule has 0 bridgehead atoms. The number of Topliss-reactive ketones (excluding diaryl/α,β-unsaturated/α-hetero) is 1. The quantitative estimate of drug-likeness (QED) is 0.715. The number of nitrogens with zero attached hydrogens (tertiary/aromatic N) is 2. The van der Waals surface area contributed by atoms with Gasteiger partial charge in [0.2, 0.25) is 0 Å². The molecule has 1 rings (SSSR count). The number of rotatable bonds is 5. The van der Waals surface area contributed by atoms with Crippen LogP contribution in [0.2, 0.25) is 0 Å². The highest BCUT2D eigenvalue weighted by atomic mass is 16.1. The molecule has 0 spiro atoms. The fourth-order valence-electron chi connectivity index (χ4n) is 1.96. The van der Waals surface area contributed by atoms with E-state index in [-0.39, 0.29) is 5.78 Å². The topological polar surface area (TPSA) is 33.2 Å². The molecule has 1 aromatic rings. The molecule has 0 atom stereocenters. The van der Waals surface area contributed by atoms with Crippen molar-refractivity contribution in [2.75, 3.05) is 11.9 Å². The van der Waals surface area contributed by atoms with Crippen molar-refractivity contribution in [1.29, 1.82) is 0 Å². The number of aromatic nitrogens is 1. The van der Waals surface area contributed by atoms with E-state index in [0.717, 1.165) is 18.7 Å². The van der Waals surface area contributed by atoms with Crippen LogP contribution in [0.5, 0.6) is 0 Å². The van der Waals surface area contributed by atoms with Crippen LogP contribution >= 0.6 is 0 Å². The predicted octanol–water partition coefficient (Wildman–Crippen LogP) is 2.91. The highest BCUT2D eigenvalue weighted by Gasteiger charge is 2.17. The summed E-state index contributed by atoms with van der Waals surface area (Å²) in [6.07, 6.45) is 3.85. The van der Waals surface area contributed by atoms with Gasteiger partial charge in [0.25, 0.3) is 0 Å². The molecule has 3 heteroatoms. The fraction of sp³-hybridized carbons (Fsp3) is 0.538. The van der Waals surface area contributed by atoms with E-state index in [4.69, 9.17) is 0 Å². The molecule has 0 unspecified atom stereocenters. The summed E-state index contributed by atoms with van der Waals surface area (Å²) >= 11 is 0. The van der Waals surface area contributed by atoms with Crippen molar-refractivity contribution in [2.24, 2.45) is 0 Å². The van der Waals surface area contributed by atoms with Gasteiger partial charge in [-0.1, -0.05) is 13.8 Å². The summed E-state index contributed by atoms with van der Waals surface area (Å²) in [4.78, 5) is 17.9. The molecule has 88 valence electrons. The van der Waals surface area contributed by atoms with Crippen LogP contribution in [0.4, 0.5) is 5.82 Å². The summed E-state index contributed by atoms with van der Waals surface area (Å²) in [6.45, 7) is 5.89. The third-order valence-electron chi connectivity index (χ3n) is 2.99. The number of carbonyl (C=O) groups excluding carboxylic acids is 1. The lowest BCUT2D eigenvalue weighted by Crippen LogP contribution is -2.32. The van der Waals surface area contributed by atoms with Crippen molar-refractivity contribution in [3.05, 3.63) is 23.9 Å². The van der Waals surface area contributed by atoms with E-state index < -0.39 is 0 Å². The van der Waals surface area contributed by atoms with E-state index in [1.165, 1.54) is 0 Å². The Bertz CT molecular complexity index is 359. The van der Waals surface area contributed by atoms with Crippen LogP contribution < -0.4 is 4.90 Å². The molecule has 0 saturated carbocycles. The van der Waals surface area contributed by atoms with Crippen LogP contribution in [-0.4, -0.2) is 23.9 Å². The molecule has 1 aromatic heterocycles. The van der Waals surface area contributed by atoms with E-state index in [1.54, 1.807) is 19.2 Å². The van der Waals surface area contributed by atoms with Gasteiger partial charge in [0.05, 0.1) is 5.56 Å². The van der Waals surface area contributed by atoms with Crippen LogP contribution in [0, 0.1) is 0 Å². The normalized spacial score (nSPS) is 10.6. The Labute approximate surface area is 97.5 Å². The van der Waals surface area contributed by atoms with Crippen LogP contribution in [0.1, 0.15) is 44.0 Å². The average Bonchev–Trinajstić information content (AvgIpc) is 2.30. The largest absolute Gasteiger partial charge is 0.356 e. The minimum Gasteiger partial charge on any atom is -0.356 e. The molecule has 0 N–H and O–H groups in total. The second-order valence-electron chi connectivity index (χ2n) is 4.01. The first-order chi connectivity index (χ1) is 7.61. The number of carbonyl (C=O) groups is 1. The molecule has 0 amide bonds. The molecule has 1 heterocycles. The van der Waals surface area contributed by atoms with Crippen molar-refractivity contribution in [3.63, 3.8) is 0 Å². The lowest BCUT2D eigenvalue weighted by molar-refractivity contribution is 0.101. The third-order valence-corrected chi connectivity index (χ3v) is 2.99. The zero-order chi connectivity index (χ0) is 12.1. The first-order valence-electron chi connectivity index (χ1n) is 5.80. The molecular weight excluding hydrogens is 200 g/mol. The fourth-order valence-corrected chi connectivity index (χ4v) is 1.96. The monoisotopic (exact) mass is 220 g/mol. The maximum absolute atomic E-state index is 11.5. The third kappa shape index (κ3) is 2.60. The van der Waals surface area contributed by atoms with E-state index in [1.807, 2.05) is 13.1 Å². The Hall–Kier alpha value is -1.38. The van der Waals surface area contributed by atoms with Gasteiger partial charge in [-0.25, -0.2) is 4.98 Å². The zero-order valence-corrected chi connectivity index (χ0v) is 10.5. The first kappa shape index (κ1) is 12.7. The van der Waals surface area contributed by atoms with Gasteiger partial charge in [-0.05, 0) is 31.9 Å². The molecule has 0 aliphatic carbocycles. The number of ketones is 1. The van der Waals surface area contributed by atoms with Crippen LogP contribution in [-0.2, 0) is 0 Å². The lowest BCUT2D eigenvalue weighted by Gasteiger charge is -2.28. The van der Waals surface area contributed by atoms with E-state index in [9.17, 15) is 4.79 Å². The molecule has 16 heavy (non-hydrogen) atoms. The number of pyridine rings is 1. The SMILES string of the molecule is CCC(CC)N(C)c1ncccc1C(C)=O. The Morgan fingerprint density at radius 2 is 2.06 bits per heavy atom. The zero-order valence-electron chi connectivity index (χ0n) is 10.5. The van der Waals surface area contributed by atoms with E-state index in [0.29, 0.717) is 11.6 Å². The van der Waals surface area contributed by atoms with Crippen molar-refractivity contribution in [3.8, 4) is 0 Å². The van der Waals surface area contributed by atoms with Crippen LogP contribution in [0.15, 0.2) is 18.3 Å². The maximum Gasteiger partial charge on any atom is 0.163 e. The van der Waals surface area contributed by atoms with Gasteiger partial charge in [0, 0.05) is 19.3 Å². The van der Waals surface area contributed by atoms with E-state index in [2.05, 4.69) is 23.7 Å². The lowest BCUT2D eigenvalue weighted by atomic mass is 10.1.